The second-order valence-electron chi connectivity index (χ2n) is 2.21. The molecule has 5 heteroatoms. The van der Waals surface area contributed by atoms with Crippen molar-refractivity contribution in [3.8, 4) is 0 Å². The second-order valence-corrected chi connectivity index (χ2v) is 3.41. The molecule has 0 N–H and O–H groups in total. The summed E-state index contributed by atoms with van der Waals surface area (Å²) in [6, 6.07) is 1.56. The Labute approximate surface area is 73.8 Å². The fourth-order valence-electron chi connectivity index (χ4n) is 0.575. The minimum Gasteiger partial charge on any atom is -0.344 e. The average Bonchev–Trinajstić information content (AvgIpc) is 2.34. The van der Waals surface area contributed by atoms with Crippen LogP contribution in [0.4, 0.5) is 0 Å². The zero-order chi connectivity index (χ0) is 8.43. The molecular formula is C6H7ClN2OS. The lowest BCUT2D eigenvalue weighted by Crippen LogP contribution is -2.20. The van der Waals surface area contributed by atoms with Gasteiger partial charge >= 0.3 is 0 Å². The van der Waals surface area contributed by atoms with Crippen LogP contribution in [0.3, 0.4) is 0 Å². The van der Waals surface area contributed by atoms with Crippen molar-refractivity contribution >= 4 is 29.0 Å². The number of nitrogens with zero attached hydrogens (tertiary/aromatic N) is 2. The predicted octanol–water partition coefficient (Wildman–Crippen LogP) is 1.50. The predicted molar refractivity (Wildman–Crippen MR) is 45.1 cm³/mol. The molecule has 1 amide bonds. The van der Waals surface area contributed by atoms with Gasteiger partial charge in [-0.2, -0.15) is 4.37 Å². The smallest absolute Gasteiger partial charge is 0.265 e. The third-order valence-corrected chi connectivity index (χ3v) is 2.17. The zero-order valence-electron chi connectivity index (χ0n) is 6.17. The molecule has 1 heterocycles. The third-order valence-electron chi connectivity index (χ3n) is 1.10. The van der Waals surface area contributed by atoms with Gasteiger partial charge in [0.1, 0.15) is 10.0 Å². The van der Waals surface area contributed by atoms with Crippen molar-refractivity contribution in [2.45, 2.75) is 0 Å². The first-order valence-corrected chi connectivity index (χ1v) is 4.10. The normalized spacial score (nSPS) is 9.73. The first-order valence-electron chi connectivity index (χ1n) is 2.95. The maximum absolute atomic E-state index is 11.2. The molecular weight excluding hydrogens is 184 g/mol. The second kappa shape index (κ2) is 3.19. The maximum atomic E-state index is 11.2. The summed E-state index contributed by atoms with van der Waals surface area (Å²) in [6.07, 6.45) is 0. The van der Waals surface area contributed by atoms with Crippen LogP contribution in [0.15, 0.2) is 6.07 Å². The fourth-order valence-corrected chi connectivity index (χ4v) is 1.52. The molecule has 60 valence electrons. The molecule has 0 radical (unpaired) electrons. The SMILES string of the molecule is CN(C)C(=O)c1cc(Cl)ns1. The molecule has 0 saturated heterocycles. The van der Waals surface area contributed by atoms with E-state index >= 15 is 0 Å². The molecule has 0 aliphatic heterocycles. The molecule has 0 saturated carbocycles. The highest BCUT2D eigenvalue weighted by Crippen LogP contribution is 2.15. The van der Waals surface area contributed by atoms with Crippen molar-refractivity contribution in [3.05, 3.63) is 16.1 Å². The van der Waals surface area contributed by atoms with Crippen molar-refractivity contribution < 1.29 is 4.79 Å². The van der Waals surface area contributed by atoms with Crippen molar-refractivity contribution in [1.82, 2.24) is 9.27 Å². The Bertz CT molecular complexity index is 271. The van der Waals surface area contributed by atoms with E-state index in [0.717, 1.165) is 11.5 Å². The first kappa shape index (κ1) is 8.49. The highest BCUT2D eigenvalue weighted by molar-refractivity contribution is 7.08. The van der Waals surface area contributed by atoms with Gasteiger partial charge in [-0.1, -0.05) is 11.6 Å². The Morgan fingerprint density at radius 2 is 2.36 bits per heavy atom. The summed E-state index contributed by atoms with van der Waals surface area (Å²) in [5.74, 6) is -0.0607. The highest BCUT2D eigenvalue weighted by atomic mass is 35.5. The van der Waals surface area contributed by atoms with Gasteiger partial charge in [-0.15, -0.1) is 0 Å². The summed E-state index contributed by atoms with van der Waals surface area (Å²) in [4.78, 5) is 13.3. The molecule has 3 nitrogen and oxygen atoms in total. The molecule has 0 bridgehead atoms. The largest absolute Gasteiger partial charge is 0.344 e. The number of carbonyl (C=O) groups is 1. The van der Waals surface area contributed by atoms with E-state index in [0.29, 0.717) is 10.0 Å². The number of halogens is 1. The summed E-state index contributed by atoms with van der Waals surface area (Å²) >= 11 is 6.65. The van der Waals surface area contributed by atoms with E-state index in [2.05, 4.69) is 4.37 Å². The fraction of sp³-hybridized carbons (Fsp3) is 0.333. The van der Waals surface area contributed by atoms with Crippen LogP contribution in [0.5, 0.6) is 0 Å². The monoisotopic (exact) mass is 190 g/mol. The summed E-state index contributed by atoms with van der Waals surface area (Å²) in [7, 11) is 3.38. The molecule has 0 fully saturated rings. The Balaban J connectivity index is 2.85. The standard InChI is InChI=1S/C6H7ClN2OS/c1-9(2)6(10)4-3-5(7)8-11-4/h3H,1-2H3. The van der Waals surface area contributed by atoms with Gasteiger partial charge < -0.3 is 4.90 Å². The minimum absolute atomic E-state index is 0.0607. The molecule has 0 aliphatic rings. The average molecular weight is 191 g/mol. The van der Waals surface area contributed by atoms with Gasteiger partial charge in [0.2, 0.25) is 0 Å². The molecule has 11 heavy (non-hydrogen) atoms. The van der Waals surface area contributed by atoms with Gasteiger partial charge in [0, 0.05) is 20.2 Å². The molecule has 0 aromatic carbocycles. The quantitative estimate of drug-likeness (QED) is 0.673. The van der Waals surface area contributed by atoms with E-state index in [1.807, 2.05) is 0 Å². The van der Waals surface area contributed by atoms with E-state index in [9.17, 15) is 4.79 Å². The van der Waals surface area contributed by atoms with Gasteiger partial charge in [0.05, 0.1) is 0 Å². The summed E-state index contributed by atoms with van der Waals surface area (Å²) in [5.41, 5.74) is 0. The van der Waals surface area contributed by atoms with Gasteiger partial charge in [0.25, 0.3) is 5.91 Å². The minimum atomic E-state index is -0.0607. The van der Waals surface area contributed by atoms with Crippen LogP contribution in [0, 0.1) is 0 Å². The van der Waals surface area contributed by atoms with E-state index in [-0.39, 0.29) is 5.91 Å². The van der Waals surface area contributed by atoms with Gasteiger partial charge in [-0.3, -0.25) is 4.79 Å². The lowest BCUT2D eigenvalue weighted by molar-refractivity contribution is 0.0832. The summed E-state index contributed by atoms with van der Waals surface area (Å²) in [5, 5.41) is 0.375. The van der Waals surface area contributed by atoms with Crippen LogP contribution in [0.2, 0.25) is 5.15 Å². The van der Waals surface area contributed by atoms with Crippen LogP contribution in [-0.4, -0.2) is 29.3 Å². The summed E-state index contributed by atoms with van der Waals surface area (Å²) < 4.78 is 3.78. The van der Waals surface area contributed by atoms with Crippen molar-refractivity contribution in [2.75, 3.05) is 14.1 Å². The molecule has 0 unspecified atom stereocenters. The Morgan fingerprint density at radius 1 is 1.73 bits per heavy atom. The van der Waals surface area contributed by atoms with Crippen LogP contribution in [-0.2, 0) is 0 Å². The Hall–Kier alpha value is -0.610. The lowest BCUT2D eigenvalue weighted by atomic mass is 10.4. The van der Waals surface area contributed by atoms with Gasteiger partial charge in [0.15, 0.2) is 0 Å². The number of amides is 1. The van der Waals surface area contributed by atoms with Crippen molar-refractivity contribution in [2.24, 2.45) is 0 Å². The van der Waals surface area contributed by atoms with E-state index < -0.39 is 0 Å². The van der Waals surface area contributed by atoms with Crippen LogP contribution in [0.1, 0.15) is 9.67 Å². The lowest BCUT2D eigenvalue weighted by Gasteiger charge is -2.06. The van der Waals surface area contributed by atoms with Gasteiger partial charge in [-0.25, -0.2) is 0 Å². The molecule has 1 rings (SSSR count). The topological polar surface area (TPSA) is 33.2 Å². The van der Waals surface area contributed by atoms with Crippen molar-refractivity contribution in [3.63, 3.8) is 0 Å². The van der Waals surface area contributed by atoms with Crippen LogP contribution < -0.4 is 0 Å². The zero-order valence-corrected chi connectivity index (χ0v) is 7.74. The highest BCUT2D eigenvalue weighted by Gasteiger charge is 2.10. The van der Waals surface area contributed by atoms with E-state index in [1.165, 1.54) is 4.90 Å². The molecule has 1 aromatic heterocycles. The third kappa shape index (κ3) is 1.91. The van der Waals surface area contributed by atoms with Gasteiger partial charge in [-0.05, 0) is 11.5 Å². The number of rotatable bonds is 1. The molecule has 0 aliphatic carbocycles. The Kier molecular flexibility index (Phi) is 2.46. The van der Waals surface area contributed by atoms with Crippen LogP contribution >= 0.6 is 23.1 Å². The number of aromatic nitrogens is 1. The van der Waals surface area contributed by atoms with E-state index in [4.69, 9.17) is 11.6 Å². The number of hydrogen-bond donors (Lipinski definition) is 0. The summed E-state index contributed by atoms with van der Waals surface area (Å²) in [6.45, 7) is 0. The molecule has 0 spiro atoms. The molecule has 1 aromatic rings. The van der Waals surface area contributed by atoms with Crippen molar-refractivity contribution in [1.29, 1.82) is 0 Å². The van der Waals surface area contributed by atoms with E-state index in [1.54, 1.807) is 20.2 Å². The molecule has 0 atom stereocenters. The first-order chi connectivity index (χ1) is 5.11. The maximum Gasteiger partial charge on any atom is 0.265 e. The number of carbonyl (C=O) groups excluding carboxylic acids is 1. The van der Waals surface area contributed by atoms with Crippen LogP contribution in [0.25, 0.3) is 0 Å². The number of hydrogen-bond acceptors (Lipinski definition) is 3. The Morgan fingerprint density at radius 3 is 2.73 bits per heavy atom.